The Morgan fingerprint density at radius 3 is 2.40 bits per heavy atom. The van der Waals surface area contributed by atoms with Crippen LogP contribution in [0.1, 0.15) is 43.3 Å². The van der Waals surface area contributed by atoms with Crippen LogP contribution in [0.25, 0.3) is 11.0 Å². The molecule has 0 saturated carbocycles. The molecular formula is C30H38ClN5O4. The first kappa shape index (κ1) is 30.7. The van der Waals surface area contributed by atoms with Crippen LogP contribution in [0.15, 0.2) is 64.3 Å². The molecule has 0 radical (unpaired) electrons. The van der Waals surface area contributed by atoms with Crippen molar-refractivity contribution in [3.63, 3.8) is 0 Å². The number of nitrogens with one attached hydrogen (secondary N) is 5. The molecule has 9 nitrogen and oxygen atoms in total. The third-order valence-corrected chi connectivity index (χ3v) is 6.60. The number of amides is 3. The fourth-order valence-corrected chi connectivity index (χ4v) is 4.72. The molecule has 0 fully saturated rings. The number of carbonyl (C=O) groups is 3. The van der Waals surface area contributed by atoms with E-state index in [2.05, 4.69) is 26.6 Å². The molecule has 1 atom stereocenters. The first-order valence-electron chi connectivity index (χ1n) is 13.1. The first-order valence-corrected chi connectivity index (χ1v) is 13.5. The zero-order valence-electron chi connectivity index (χ0n) is 23.8. The molecule has 3 aromatic rings. The number of carbonyl (C=O) groups excluding carboxylic acids is 3. The first-order chi connectivity index (χ1) is 18.9. The summed E-state index contributed by atoms with van der Waals surface area (Å²) in [5, 5.41) is 15.9. The zero-order valence-corrected chi connectivity index (χ0v) is 24.6. The molecule has 0 saturated heterocycles. The molecule has 3 rings (SSSR count). The molecule has 1 aromatic heterocycles. The Balaban J connectivity index is 1.74. The van der Waals surface area contributed by atoms with Gasteiger partial charge in [0, 0.05) is 54.3 Å². The van der Waals surface area contributed by atoms with E-state index in [-0.39, 0.29) is 36.4 Å². The Morgan fingerprint density at radius 2 is 1.75 bits per heavy atom. The van der Waals surface area contributed by atoms with Gasteiger partial charge < -0.3 is 31.0 Å². The van der Waals surface area contributed by atoms with Gasteiger partial charge in [-0.05, 0) is 49.7 Å². The molecule has 214 valence electrons. The van der Waals surface area contributed by atoms with E-state index < -0.39 is 11.3 Å². The molecule has 0 spiro atoms. The second-order valence-corrected chi connectivity index (χ2v) is 11.1. The normalized spacial score (nSPS) is 12.9. The average molecular weight is 568 g/mol. The van der Waals surface area contributed by atoms with Crippen molar-refractivity contribution >= 4 is 46.0 Å². The number of rotatable bonds is 12. The maximum atomic E-state index is 13.3. The van der Waals surface area contributed by atoms with Crippen LogP contribution in [0.5, 0.6) is 0 Å². The Bertz CT molecular complexity index is 1400. The highest BCUT2D eigenvalue weighted by Gasteiger charge is 2.27. The Kier molecular flexibility index (Phi) is 10.4. The molecule has 1 unspecified atom stereocenters. The summed E-state index contributed by atoms with van der Waals surface area (Å²) in [6, 6.07) is 14.2. The van der Waals surface area contributed by atoms with Crippen molar-refractivity contribution in [3.05, 3.63) is 76.3 Å². The lowest BCUT2D eigenvalue weighted by molar-refractivity contribution is -0.124. The standard InChI is InChI=1S/C30H38ClN5O4/c1-18(16-32-5)25(33-6)26(29(39)35-22-10-8-7-9-11-22)36-24(37)15-30(3,4)17-34-28(38)23-14-21(31)13-20-12-19(2)40-27(20)23/h7-14,18,32-33H,15-17H2,1-6H3,(H,34,38)(H,35,39)(H,36,37)/b26-25+. The number of hydrogen-bond acceptors (Lipinski definition) is 6. The van der Waals surface area contributed by atoms with Gasteiger partial charge in [0.2, 0.25) is 5.91 Å². The molecule has 0 aliphatic heterocycles. The van der Waals surface area contributed by atoms with E-state index >= 15 is 0 Å². The molecule has 3 amide bonds. The minimum absolute atomic E-state index is 0.0532. The van der Waals surface area contributed by atoms with Gasteiger partial charge >= 0.3 is 0 Å². The van der Waals surface area contributed by atoms with Crippen molar-refractivity contribution in [1.29, 1.82) is 0 Å². The second kappa shape index (κ2) is 13.5. The van der Waals surface area contributed by atoms with Crippen molar-refractivity contribution in [3.8, 4) is 0 Å². The fraction of sp³-hybridized carbons (Fsp3) is 0.367. The molecule has 40 heavy (non-hydrogen) atoms. The SMILES string of the molecule is CNCC(C)/C(NC)=C(\NC(=O)CC(C)(C)CNC(=O)c1cc(Cl)cc2cc(C)oc12)C(=O)Nc1ccccc1. The number of benzene rings is 2. The van der Waals surface area contributed by atoms with Crippen LogP contribution >= 0.6 is 11.6 Å². The molecule has 10 heteroatoms. The lowest BCUT2D eigenvalue weighted by Gasteiger charge is -2.26. The summed E-state index contributed by atoms with van der Waals surface area (Å²) >= 11 is 6.22. The highest BCUT2D eigenvalue weighted by molar-refractivity contribution is 6.32. The maximum Gasteiger partial charge on any atom is 0.273 e. The third-order valence-electron chi connectivity index (χ3n) is 6.38. The maximum absolute atomic E-state index is 13.3. The number of fused-ring (bicyclic) bond motifs is 1. The molecule has 2 aromatic carbocycles. The van der Waals surface area contributed by atoms with Crippen molar-refractivity contribution in [1.82, 2.24) is 21.3 Å². The van der Waals surface area contributed by atoms with Gasteiger partial charge in [-0.1, -0.05) is 50.6 Å². The minimum Gasteiger partial charge on any atom is -0.461 e. The van der Waals surface area contributed by atoms with Gasteiger partial charge in [0.15, 0.2) is 0 Å². The Hall–Kier alpha value is -3.82. The average Bonchev–Trinajstić information content (AvgIpc) is 3.26. The van der Waals surface area contributed by atoms with Crippen LogP contribution in [0.3, 0.4) is 0 Å². The predicted octanol–water partition coefficient (Wildman–Crippen LogP) is 4.58. The molecule has 0 bridgehead atoms. The summed E-state index contributed by atoms with van der Waals surface area (Å²) in [6.45, 7) is 8.30. The number of para-hydroxylation sites is 1. The van der Waals surface area contributed by atoms with Crippen LogP contribution < -0.4 is 26.6 Å². The van der Waals surface area contributed by atoms with E-state index in [1.807, 2.05) is 52.1 Å². The van der Waals surface area contributed by atoms with Crippen molar-refractivity contribution < 1.29 is 18.8 Å². The number of hydrogen-bond donors (Lipinski definition) is 5. The van der Waals surface area contributed by atoms with Gasteiger partial charge in [-0.2, -0.15) is 0 Å². The van der Waals surface area contributed by atoms with E-state index in [1.165, 1.54) is 0 Å². The van der Waals surface area contributed by atoms with Gasteiger partial charge in [0.1, 0.15) is 17.0 Å². The van der Waals surface area contributed by atoms with Crippen LogP contribution in [0, 0.1) is 18.3 Å². The Morgan fingerprint density at radius 1 is 1.05 bits per heavy atom. The van der Waals surface area contributed by atoms with Gasteiger partial charge in [-0.3, -0.25) is 14.4 Å². The summed E-state index contributed by atoms with van der Waals surface area (Å²) in [6.07, 6.45) is 0.0532. The van der Waals surface area contributed by atoms with E-state index in [1.54, 1.807) is 38.2 Å². The van der Waals surface area contributed by atoms with E-state index in [0.717, 1.165) is 5.39 Å². The van der Waals surface area contributed by atoms with Gasteiger partial charge in [0.05, 0.1) is 5.56 Å². The monoisotopic (exact) mass is 567 g/mol. The molecular weight excluding hydrogens is 530 g/mol. The summed E-state index contributed by atoms with van der Waals surface area (Å²) in [5.74, 6) is -0.547. The highest BCUT2D eigenvalue weighted by atomic mass is 35.5. The minimum atomic E-state index is -0.631. The van der Waals surface area contributed by atoms with Gasteiger partial charge in [0.25, 0.3) is 11.8 Å². The van der Waals surface area contributed by atoms with Crippen molar-refractivity contribution in [2.45, 2.75) is 34.1 Å². The lowest BCUT2D eigenvalue weighted by atomic mass is 9.88. The molecule has 1 heterocycles. The van der Waals surface area contributed by atoms with Gasteiger partial charge in [-0.15, -0.1) is 0 Å². The van der Waals surface area contributed by atoms with Crippen LogP contribution in [0.4, 0.5) is 5.69 Å². The topological polar surface area (TPSA) is 124 Å². The molecule has 0 aliphatic carbocycles. The van der Waals surface area contributed by atoms with Crippen LogP contribution in [-0.2, 0) is 9.59 Å². The largest absolute Gasteiger partial charge is 0.461 e. The van der Waals surface area contributed by atoms with E-state index in [4.69, 9.17) is 16.0 Å². The Labute approximate surface area is 240 Å². The summed E-state index contributed by atoms with van der Waals surface area (Å²) in [7, 11) is 3.54. The highest BCUT2D eigenvalue weighted by Crippen LogP contribution is 2.28. The van der Waals surface area contributed by atoms with Crippen molar-refractivity contribution in [2.75, 3.05) is 32.5 Å². The van der Waals surface area contributed by atoms with Crippen molar-refractivity contribution in [2.24, 2.45) is 11.3 Å². The fourth-order valence-electron chi connectivity index (χ4n) is 4.50. The van der Waals surface area contributed by atoms with E-state index in [9.17, 15) is 14.4 Å². The summed E-state index contributed by atoms with van der Waals surface area (Å²) in [5.41, 5.74) is 1.52. The van der Waals surface area contributed by atoms with Gasteiger partial charge in [-0.25, -0.2) is 0 Å². The number of halogens is 1. The predicted molar refractivity (Wildman–Crippen MR) is 159 cm³/mol. The summed E-state index contributed by atoms with van der Waals surface area (Å²) in [4.78, 5) is 39.6. The number of furan rings is 1. The second-order valence-electron chi connectivity index (χ2n) is 10.6. The lowest BCUT2D eigenvalue weighted by Crippen LogP contribution is -2.41. The summed E-state index contributed by atoms with van der Waals surface area (Å²) < 4.78 is 5.71. The van der Waals surface area contributed by atoms with Crippen LogP contribution in [0.2, 0.25) is 5.02 Å². The third kappa shape index (κ3) is 8.09. The smallest absolute Gasteiger partial charge is 0.273 e. The quantitative estimate of drug-likeness (QED) is 0.204. The number of anilines is 1. The van der Waals surface area contributed by atoms with E-state index in [0.29, 0.717) is 39.9 Å². The number of aryl methyl sites for hydroxylation is 1. The van der Waals surface area contributed by atoms with Crippen LogP contribution in [-0.4, -0.2) is 44.9 Å². The zero-order chi connectivity index (χ0) is 29.4. The molecule has 5 N–H and O–H groups in total. The molecule has 0 aliphatic rings.